The van der Waals surface area contributed by atoms with Gasteiger partial charge in [-0.15, -0.1) is 0 Å². The van der Waals surface area contributed by atoms with Crippen LogP contribution in [0.25, 0.3) is 11.1 Å². The molecule has 1 aliphatic rings. The average Bonchev–Trinajstić information content (AvgIpc) is 2.95. The number of benzene rings is 3. The van der Waals surface area contributed by atoms with Gasteiger partial charge in [-0.1, -0.05) is 54.6 Å². The lowest BCUT2D eigenvalue weighted by Crippen LogP contribution is -2.41. The van der Waals surface area contributed by atoms with Gasteiger partial charge in [0.1, 0.15) is 17.2 Å². The second-order valence-corrected chi connectivity index (χ2v) is 7.13. The number of hydrogen-bond acceptors (Lipinski definition) is 2. The van der Waals surface area contributed by atoms with Crippen LogP contribution >= 0.6 is 0 Å². The predicted molar refractivity (Wildman–Crippen MR) is 105 cm³/mol. The van der Waals surface area contributed by atoms with Gasteiger partial charge in [-0.25, -0.2) is 13.6 Å². The maximum Gasteiger partial charge on any atom is 0.325 e. The molecule has 1 fully saturated rings. The maximum absolute atomic E-state index is 14.2. The third-order valence-corrected chi connectivity index (χ3v) is 5.14. The zero-order valence-corrected chi connectivity index (χ0v) is 15.7. The van der Waals surface area contributed by atoms with Crippen LogP contribution in [0, 0.1) is 11.6 Å². The number of nitrogens with zero attached hydrogens (tertiary/aromatic N) is 1. The minimum Gasteiger partial charge on any atom is -0.319 e. The van der Waals surface area contributed by atoms with Crippen molar-refractivity contribution in [2.45, 2.75) is 19.0 Å². The molecule has 3 aromatic rings. The van der Waals surface area contributed by atoms with Gasteiger partial charge in [0.2, 0.25) is 0 Å². The van der Waals surface area contributed by atoms with Crippen molar-refractivity contribution in [1.82, 2.24) is 10.2 Å². The Morgan fingerprint density at radius 3 is 2.24 bits per heavy atom. The SMILES string of the molecule is C[C@]1(c2cc(F)ccc2F)NC(=O)N(Cc2ccc(-c3ccccc3)cc2)C1=O. The van der Waals surface area contributed by atoms with Crippen molar-refractivity contribution in [2.75, 3.05) is 0 Å². The lowest BCUT2D eigenvalue weighted by atomic mass is 9.91. The number of rotatable bonds is 4. The summed E-state index contributed by atoms with van der Waals surface area (Å²) in [5.41, 5.74) is 0.962. The summed E-state index contributed by atoms with van der Waals surface area (Å²) in [4.78, 5) is 26.4. The van der Waals surface area contributed by atoms with Gasteiger partial charge in [-0.05, 0) is 41.8 Å². The highest BCUT2D eigenvalue weighted by Crippen LogP contribution is 2.32. The first-order chi connectivity index (χ1) is 13.9. The zero-order chi connectivity index (χ0) is 20.6. The molecule has 0 aliphatic carbocycles. The van der Waals surface area contributed by atoms with Crippen molar-refractivity contribution in [2.24, 2.45) is 0 Å². The number of amides is 3. The molecule has 4 nitrogen and oxygen atoms in total. The molecule has 146 valence electrons. The van der Waals surface area contributed by atoms with E-state index in [9.17, 15) is 18.4 Å². The second-order valence-electron chi connectivity index (χ2n) is 7.13. The molecule has 0 saturated carbocycles. The Morgan fingerprint density at radius 1 is 0.897 bits per heavy atom. The van der Waals surface area contributed by atoms with E-state index in [-0.39, 0.29) is 12.1 Å². The lowest BCUT2D eigenvalue weighted by molar-refractivity contribution is -0.131. The third kappa shape index (κ3) is 3.38. The zero-order valence-electron chi connectivity index (χ0n) is 15.7. The number of carbonyl (C=O) groups excluding carboxylic acids is 2. The van der Waals surface area contributed by atoms with Gasteiger partial charge in [-0.3, -0.25) is 9.69 Å². The highest BCUT2D eigenvalue weighted by atomic mass is 19.1. The van der Waals surface area contributed by atoms with Crippen molar-refractivity contribution in [3.05, 3.63) is 95.6 Å². The van der Waals surface area contributed by atoms with Crippen molar-refractivity contribution in [1.29, 1.82) is 0 Å². The van der Waals surface area contributed by atoms with Crippen LogP contribution in [-0.2, 0) is 16.9 Å². The summed E-state index contributed by atoms with van der Waals surface area (Å²) in [6, 6.07) is 19.5. The molecular weight excluding hydrogens is 374 g/mol. The summed E-state index contributed by atoms with van der Waals surface area (Å²) >= 11 is 0. The van der Waals surface area contributed by atoms with E-state index in [2.05, 4.69) is 5.32 Å². The highest BCUT2D eigenvalue weighted by molar-refractivity contribution is 6.07. The van der Waals surface area contributed by atoms with Crippen LogP contribution in [0.4, 0.5) is 13.6 Å². The minimum atomic E-state index is -1.66. The Hall–Kier alpha value is -3.54. The Labute approximate surface area is 166 Å². The quantitative estimate of drug-likeness (QED) is 0.660. The van der Waals surface area contributed by atoms with Crippen molar-refractivity contribution in [3.8, 4) is 11.1 Å². The molecule has 0 radical (unpaired) electrons. The largest absolute Gasteiger partial charge is 0.325 e. The number of urea groups is 1. The molecule has 0 unspecified atom stereocenters. The van der Waals surface area contributed by atoms with Crippen LogP contribution in [-0.4, -0.2) is 16.8 Å². The van der Waals surface area contributed by atoms with E-state index < -0.39 is 29.1 Å². The van der Waals surface area contributed by atoms with Gasteiger partial charge in [0.15, 0.2) is 0 Å². The molecule has 1 saturated heterocycles. The second kappa shape index (κ2) is 7.13. The van der Waals surface area contributed by atoms with Gasteiger partial charge in [0.25, 0.3) is 5.91 Å². The van der Waals surface area contributed by atoms with Crippen molar-refractivity contribution >= 4 is 11.9 Å². The van der Waals surface area contributed by atoms with Gasteiger partial charge in [-0.2, -0.15) is 0 Å². The molecule has 6 heteroatoms. The smallest absolute Gasteiger partial charge is 0.319 e. The van der Waals surface area contributed by atoms with Gasteiger partial charge in [0, 0.05) is 5.56 Å². The fraction of sp³-hybridized carbons (Fsp3) is 0.130. The fourth-order valence-corrected chi connectivity index (χ4v) is 3.52. The number of imide groups is 1. The number of halogens is 2. The summed E-state index contributed by atoms with van der Waals surface area (Å²) in [6.45, 7) is 1.41. The monoisotopic (exact) mass is 392 g/mol. The number of hydrogen-bond donors (Lipinski definition) is 1. The highest BCUT2D eigenvalue weighted by Gasteiger charge is 2.50. The van der Waals surface area contributed by atoms with E-state index in [1.54, 1.807) is 0 Å². The van der Waals surface area contributed by atoms with Crippen molar-refractivity contribution < 1.29 is 18.4 Å². The van der Waals surface area contributed by atoms with Gasteiger partial charge in [0.05, 0.1) is 6.54 Å². The molecular formula is C23H18F2N2O2. The van der Waals surface area contributed by atoms with Crippen LogP contribution in [0.3, 0.4) is 0 Å². The minimum absolute atomic E-state index is 0.0340. The normalized spacial score (nSPS) is 18.8. The van der Waals surface area contributed by atoms with E-state index in [4.69, 9.17) is 0 Å². The van der Waals surface area contributed by atoms with Crippen LogP contribution in [0.15, 0.2) is 72.8 Å². The van der Waals surface area contributed by atoms with Crippen LogP contribution in [0.1, 0.15) is 18.1 Å². The van der Waals surface area contributed by atoms with E-state index >= 15 is 0 Å². The molecule has 1 aliphatic heterocycles. The fourth-order valence-electron chi connectivity index (χ4n) is 3.52. The standard InChI is InChI=1S/C23H18F2N2O2/c1-23(19-13-18(24)11-12-20(19)25)21(28)27(22(29)26-23)14-15-7-9-17(10-8-15)16-5-3-2-4-6-16/h2-13H,14H2,1H3,(H,26,29)/t23-/m1/s1. The van der Waals surface area contributed by atoms with Crippen LogP contribution < -0.4 is 5.32 Å². The van der Waals surface area contributed by atoms with E-state index in [0.29, 0.717) is 0 Å². The van der Waals surface area contributed by atoms with Crippen molar-refractivity contribution in [3.63, 3.8) is 0 Å². The molecule has 0 aromatic heterocycles. The molecule has 3 amide bonds. The molecule has 1 heterocycles. The first-order valence-corrected chi connectivity index (χ1v) is 9.12. The third-order valence-electron chi connectivity index (χ3n) is 5.14. The van der Waals surface area contributed by atoms with Crippen LogP contribution in [0.5, 0.6) is 0 Å². The molecule has 4 rings (SSSR count). The predicted octanol–water partition coefficient (Wildman–Crippen LogP) is 4.60. The molecule has 1 N–H and O–H groups in total. The van der Waals surface area contributed by atoms with E-state index in [1.165, 1.54) is 6.92 Å². The number of carbonyl (C=O) groups is 2. The Kier molecular flexibility index (Phi) is 4.62. The molecule has 29 heavy (non-hydrogen) atoms. The Morgan fingerprint density at radius 2 is 1.55 bits per heavy atom. The van der Waals surface area contributed by atoms with E-state index in [0.717, 1.165) is 39.8 Å². The summed E-state index contributed by atoms with van der Waals surface area (Å²) < 4.78 is 27.9. The molecule has 3 aromatic carbocycles. The Bertz CT molecular complexity index is 1080. The van der Waals surface area contributed by atoms with E-state index in [1.807, 2.05) is 54.6 Å². The Balaban J connectivity index is 1.58. The molecule has 1 atom stereocenters. The summed E-state index contributed by atoms with van der Waals surface area (Å²) in [7, 11) is 0. The average molecular weight is 392 g/mol. The molecule has 0 bridgehead atoms. The van der Waals surface area contributed by atoms with Crippen LogP contribution in [0.2, 0.25) is 0 Å². The van der Waals surface area contributed by atoms with Gasteiger partial charge < -0.3 is 5.32 Å². The number of nitrogens with one attached hydrogen (secondary N) is 1. The van der Waals surface area contributed by atoms with Gasteiger partial charge >= 0.3 is 6.03 Å². The summed E-state index contributed by atoms with van der Waals surface area (Å²) in [5.74, 6) is -2.06. The first-order valence-electron chi connectivity index (χ1n) is 9.12. The maximum atomic E-state index is 14.2. The molecule has 0 spiro atoms. The summed E-state index contributed by atoms with van der Waals surface area (Å²) in [6.07, 6.45) is 0. The lowest BCUT2D eigenvalue weighted by Gasteiger charge is -2.23. The topological polar surface area (TPSA) is 49.4 Å². The first kappa shape index (κ1) is 18.8. The summed E-state index contributed by atoms with van der Waals surface area (Å²) in [5, 5.41) is 2.50.